The highest BCUT2D eigenvalue weighted by Crippen LogP contribution is 2.70. The number of Topliss-reactive ketones (excluding diaryl/α,β-unsaturated/α-hetero) is 1. The van der Waals surface area contributed by atoms with E-state index in [4.69, 9.17) is 28.4 Å². The van der Waals surface area contributed by atoms with Crippen LogP contribution in [0, 0.1) is 52.3 Å². The largest absolute Gasteiger partial charge is 0.394 e. The van der Waals surface area contributed by atoms with E-state index in [1.807, 2.05) is 0 Å². The lowest BCUT2D eigenvalue weighted by Gasteiger charge is -2.60. The third-order valence-electron chi connectivity index (χ3n) is 16.0. The van der Waals surface area contributed by atoms with Crippen LogP contribution in [0.3, 0.4) is 0 Å². The van der Waals surface area contributed by atoms with Gasteiger partial charge in [-0.1, -0.05) is 27.7 Å². The number of carbonyl (C=O) groups is 1. The molecule has 0 aromatic carbocycles. The van der Waals surface area contributed by atoms with Crippen molar-refractivity contribution in [2.75, 3.05) is 19.8 Å². The Balaban J connectivity index is 0.909. The van der Waals surface area contributed by atoms with Crippen molar-refractivity contribution in [2.45, 2.75) is 165 Å². The van der Waals surface area contributed by atoms with E-state index in [9.17, 15) is 40.5 Å². The molecular weight excluding hydrogens is 692 g/mol. The fraction of sp³-hybridized carbons (Fsp3) is 0.974. The van der Waals surface area contributed by atoms with Crippen LogP contribution in [0.4, 0.5) is 0 Å². The zero-order valence-corrected chi connectivity index (χ0v) is 31.4. The third kappa shape index (κ3) is 6.03. The number of hydrogen-bond acceptors (Lipinski definition) is 14. The molecule has 4 aliphatic heterocycles. The summed E-state index contributed by atoms with van der Waals surface area (Å²) in [4.78, 5) is 14.5. The number of ether oxygens (including phenoxy) is 6. The van der Waals surface area contributed by atoms with Crippen molar-refractivity contribution in [1.29, 1.82) is 0 Å². The zero-order chi connectivity index (χ0) is 37.8. The summed E-state index contributed by atoms with van der Waals surface area (Å²) < 4.78 is 36.7. The van der Waals surface area contributed by atoms with E-state index in [1.165, 1.54) is 0 Å². The van der Waals surface area contributed by atoms with Gasteiger partial charge in [0.05, 0.1) is 32.0 Å². The Labute approximate surface area is 311 Å². The van der Waals surface area contributed by atoms with E-state index in [-0.39, 0.29) is 35.4 Å². The highest BCUT2D eigenvalue weighted by molar-refractivity contribution is 5.87. The van der Waals surface area contributed by atoms with Crippen molar-refractivity contribution >= 4 is 5.78 Å². The minimum absolute atomic E-state index is 0.0443. The van der Waals surface area contributed by atoms with E-state index in [0.29, 0.717) is 48.9 Å². The van der Waals surface area contributed by atoms with Gasteiger partial charge < -0.3 is 64.2 Å². The van der Waals surface area contributed by atoms with Gasteiger partial charge in [0, 0.05) is 30.1 Å². The molecule has 0 amide bonds. The van der Waals surface area contributed by atoms with Crippen LogP contribution in [0.1, 0.15) is 85.5 Å². The first-order valence-corrected chi connectivity index (χ1v) is 20.3. The molecule has 0 unspecified atom stereocenters. The predicted octanol–water partition coefficient (Wildman–Crippen LogP) is 0.621. The van der Waals surface area contributed by atoms with Crippen molar-refractivity contribution in [3.05, 3.63) is 0 Å². The molecule has 14 heteroatoms. The van der Waals surface area contributed by atoms with Crippen LogP contribution < -0.4 is 0 Å². The predicted molar refractivity (Wildman–Crippen MR) is 183 cm³/mol. The van der Waals surface area contributed by atoms with Gasteiger partial charge in [-0.15, -0.1) is 0 Å². The Morgan fingerprint density at radius 3 is 2.17 bits per heavy atom. The molecule has 8 fully saturated rings. The summed E-state index contributed by atoms with van der Waals surface area (Å²) in [6.45, 7) is 8.51. The van der Waals surface area contributed by atoms with Crippen molar-refractivity contribution in [1.82, 2.24) is 0 Å². The van der Waals surface area contributed by atoms with Crippen molar-refractivity contribution < 1.29 is 69.0 Å². The molecule has 4 heterocycles. The summed E-state index contributed by atoms with van der Waals surface area (Å²) in [5, 5.41) is 72.8. The van der Waals surface area contributed by atoms with Gasteiger partial charge >= 0.3 is 0 Å². The van der Waals surface area contributed by atoms with Gasteiger partial charge in [-0.05, 0) is 80.0 Å². The van der Waals surface area contributed by atoms with Gasteiger partial charge in [-0.2, -0.15) is 0 Å². The zero-order valence-electron chi connectivity index (χ0n) is 31.4. The first-order chi connectivity index (χ1) is 25.2. The van der Waals surface area contributed by atoms with Crippen LogP contribution in [-0.4, -0.2) is 141 Å². The molecule has 0 radical (unpaired) electrons. The minimum Gasteiger partial charge on any atom is -0.394 e. The SMILES string of the molecule is C[C@@H]1CC[C@@]2(OC1)O[C@H]1C[C@H]3[C@@H]4CC[C@H]5C[C@@H](O[C@@H]6O[C@H](CO)[C@H](O[C@@H]7O[C@H](CO)[C@@H](O)[C@H](O)[C@H]7O)[C@H](O)[C@H]6O)CC[C@]5(C)[C@H]4CC(=O)[C@]3(C)[C@H]1[C@@H]2C. The van der Waals surface area contributed by atoms with Gasteiger partial charge in [0.25, 0.3) is 0 Å². The summed E-state index contributed by atoms with van der Waals surface area (Å²) in [5.41, 5.74) is -0.453. The van der Waals surface area contributed by atoms with E-state index in [1.54, 1.807) is 0 Å². The Kier molecular flexibility index (Phi) is 10.5. The number of aliphatic hydroxyl groups is 7. The summed E-state index contributed by atoms with van der Waals surface area (Å²) >= 11 is 0. The Morgan fingerprint density at radius 2 is 1.47 bits per heavy atom. The molecule has 302 valence electrons. The maximum Gasteiger partial charge on any atom is 0.187 e. The molecule has 53 heavy (non-hydrogen) atoms. The Hall–Kier alpha value is -0.850. The van der Waals surface area contributed by atoms with Crippen LogP contribution in [-0.2, 0) is 33.2 Å². The van der Waals surface area contributed by atoms with E-state index in [2.05, 4.69) is 27.7 Å². The first kappa shape index (κ1) is 39.0. The van der Waals surface area contributed by atoms with Crippen LogP contribution in [0.25, 0.3) is 0 Å². The van der Waals surface area contributed by atoms with Gasteiger partial charge in [0.1, 0.15) is 54.6 Å². The molecule has 14 nitrogen and oxygen atoms in total. The standard InChI is InChI=1S/C39H62O14/c1-17-7-10-39(48-16-17)18(2)28-24(53-39)12-23-21-6-5-19-11-20(8-9-37(19,3)22(21)13-27(42)38(23,28)4)49-35-33(47)31(45)34(26(15-41)51-35)52-36-32(46)30(44)29(43)25(14-40)50-36/h17-26,28-36,40-41,43-47H,5-16H2,1-4H3/t17-,18+,19+,20+,21-,22+,23+,24+,25-,26-,28+,29-,30+,31-,32-,33-,34+,35-,36+,37+,38-,39-/m1/s1. The molecule has 22 atom stereocenters. The molecular formula is C39H62O14. The van der Waals surface area contributed by atoms with Crippen molar-refractivity contribution in [3.8, 4) is 0 Å². The van der Waals surface area contributed by atoms with Crippen LogP contribution in [0.2, 0.25) is 0 Å². The number of carbonyl (C=O) groups excluding carboxylic acids is 1. The fourth-order valence-corrected chi connectivity index (χ4v) is 12.9. The molecule has 0 aromatic rings. The molecule has 0 bridgehead atoms. The second kappa shape index (κ2) is 14.2. The van der Waals surface area contributed by atoms with E-state index >= 15 is 0 Å². The highest BCUT2D eigenvalue weighted by atomic mass is 16.7. The van der Waals surface area contributed by atoms with Crippen LogP contribution in [0.5, 0.6) is 0 Å². The second-order valence-electron chi connectivity index (χ2n) is 18.6. The smallest absolute Gasteiger partial charge is 0.187 e. The Bertz CT molecular complexity index is 1340. The quantitative estimate of drug-likeness (QED) is 0.185. The maximum absolute atomic E-state index is 14.5. The highest BCUT2D eigenvalue weighted by Gasteiger charge is 2.72. The average molecular weight is 755 g/mol. The number of rotatable bonds is 6. The molecule has 0 aromatic heterocycles. The maximum atomic E-state index is 14.5. The van der Waals surface area contributed by atoms with Crippen LogP contribution >= 0.6 is 0 Å². The number of fused-ring (bicyclic) bond motifs is 7. The molecule has 7 N–H and O–H groups in total. The summed E-state index contributed by atoms with van der Waals surface area (Å²) in [6, 6.07) is 0. The Morgan fingerprint density at radius 1 is 0.774 bits per heavy atom. The monoisotopic (exact) mass is 754 g/mol. The first-order valence-electron chi connectivity index (χ1n) is 20.3. The lowest BCUT2D eigenvalue weighted by molar-refractivity contribution is -0.364. The lowest BCUT2D eigenvalue weighted by Crippen LogP contribution is -2.65. The number of aliphatic hydroxyl groups excluding tert-OH is 7. The van der Waals surface area contributed by atoms with Gasteiger partial charge in [0.2, 0.25) is 0 Å². The lowest BCUT2D eigenvalue weighted by atomic mass is 9.44. The van der Waals surface area contributed by atoms with E-state index < -0.39 is 85.8 Å². The second-order valence-corrected chi connectivity index (χ2v) is 18.6. The third-order valence-corrected chi connectivity index (χ3v) is 16.0. The molecule has 4 saturated heterocycles. The molecule has 4 saturated carbocycles. The summed E-state index contributed by atoms with van der Waals surface area (Å²) in [7, 11) is 0. The molecule has 8 aliphatic rings. The van der Waals surface area contributed by atoms with Gasteiger partial charge in [-0.25, -0.2) is 0 Å². The summed E-state index contributed by atoms with van der Waals surface area (Å²) in [5.74, 6) is 2.02. The van der Waals surface area contributed by atoms with Crippen molar-refractivity contribution in [3.63, 3.8) is 0 Å². The molecule has 1 spiro atoms. The van der Waals surface area contributed by atoms with Crippen molar-refractivity contribution in [2.24, 2.45) is 52.3 Å². The topological polar surface area (TPSA) is 214 Å². The fourth-order valence-electron chi connectivity index (χ4n) is 12.9. The van der Waals surface area contributed by atoms with Gasteiger partial charge in [0.15, 0.2) is 18.4 Å². The normalized spacial score (nSPS) is 58.2. The molecule has 4 aliphatic carbocycles. The van der Waals surface area contributed by atoms with E-state index in [0.717, 1.165) is 44.9 Å². The number of ketones is 1. The number of hydrogen-bond donors (Lipinski definition) is 7. The summed E-state index contributed by atoms with van der Waals surface area (Å²) in [6.07, 6.45) is -7.31. The minimum atomic E-state index is -1.73. The molecule has 8 rings (SSSR count). The van der Waals surface area contributed by atoms with Crippen LogP contribution in [0.15, 0.2) is 0 Å². The average Bonchev–Trinajstić information content (AvgIpc) is 3.59. The van der Waals surface area contributed by atoms with Gasteiger partial charge in [-0.3, -0.25) is 4.79 Å².